The molecule has 2 aromatic rings. The van der Waals surface area contributed by atoms with E-state index >= 15 is 0 Å². The number of rotatable bonds is 3. The highest BCUT2D eigenvalue weighted by molar-refractivity contribution is 7.85. The van der Waals surface area contributed by atoms with E-state index in [1.807, 2.05) is 24.3 Å². The molecule has 20 heavy (non-hydrogen) atoms. The van der Waals surface area contributed by atoms with Gasteiger partial charge in [-0.2, -0.15) is 8.42 Å². The van der Waals surface area contributed by atoms with Crippen molar-refractivity contribution in [2.24, 2.45) is 0 Å². The zero-order chi connectivity index (χ0) is 14.2. The van der Waals surface area contributed by atoms with Crippen LogP contribution in [0.5, 0.6) is 0 Å². The summed E-state index contributed by atoms with van der Waals surface area (Å²) >= 11 is 0. The fraction of sp³-hybridized carbons (Fsp3) is 0.357. The summed E-state index contributed by atoms with van der Waals surface area (Å²) in [6.45, 7) is 0. The van der Waals surface area contributed by atoms with Crippen LogP contribution in [-0.4, -0.2) is 23.8 Å². The van der Waals surface area contributed by atoms with Gasteiger partial charge in [0, 0.05) is 16.8 Å². The van der Waals surface area contributed by atoms with Crippen LogP contribution in [0.25, 0.3) is 10.9 Å². The van der Waals surface area contributed by atoms with Gasteiger partial charge in [0.2, 0.25) is 0 Å². The van der Waals surface area contributed by atoms with Gasteiger partial charge in [0.15, 0.2) is 0 Å². The maximum atomic E-state index is 11.0. The van der Waals surface area contributed by atoms with Gasteiger partial charge in [-0.25, -0.2) is 0 Å². The molecular formula is C14H16N2O3S. The summed E-state index contributed by atoms with van der Waals surface area (Å²) in [5.74, 6) is -0.479. The van der Waals surface area contributed by atoms with E-state index < -0.39 is 16.0 Å². The third kappa shape index (κ3) is 2.62. The predicted molar refractivity (Wildman–Crippen MR) is 78.4 cm³/mol. The first-order valence-electron chi connectivity index (χ1n) is 6.64. The van der Waals surface area contributed by atoms with Crippen LogP contribution in [-0.2, 0) is 23.0 Å². The van der Waals surface area contributed by atoms with Crippen molar-refractivity contribution in [2.75, 3.05) is 11.2 Å². The SMILES string of the molecule is O=S(=O)(O)CNc1c2c(nc3ccccc13)CCCC2. The highest BCUT2D eigenvalue weighted by atomic mass is 32.2. The van der Waals surface area contributed by atoms with Crippen LogP contribution in [0.4, 0.5) is 5.69 Å². The lowest BCUT2D eigenvalue weighted by Crippen LogP contribution is -2.17. The fourth-order valence-corrected chi connectivity index (χ4v) is 3.06. The summed E-state index contributed by atoms with van der Waals surface area (Å²) in [4.78, 5) is 4.67. The summed E-state index contributed by atoms with van der Waals surface area (Å²) in [7, 11) is -4.05. The topological polar surface area (TPSA) is 79.3 Å². The van der Waals surface area contributed by atoms with Gasteiger partial charge in [0.05, 0.1) is 5.52 Å². The lowest BCUT2D eigenvalue weighted by molar-refractivity contribution is 0.485. The fourth-order valence-electron chi connectivity index (χ4n) is 2.74. The molecule has 2 N–H and O–H groups in total. The lowest BCUT2D eigenvalue weighted by atomic mass is 9.93. The molecule has 5 nitrogen and oxygen atoms in total. The van der Waals surface area contributed by atoms with E-state index in [0.717, 1.165) is 53.5 Å². The third-order valence-electron chi connectivity index (χ3n) is 3.60. The van der Waals surface area contributed by atoms with E-state index in [4.69, 9.17) is 4.55 Å². The molecule has 0 unspecified atom stereocenters. The number of benzene rings is 1. The van der Waals surface area contributed by atoms with Crippen molar-refractivity contribution < 1.29 is 13.0 Å². The Labute approximate surface area is 117 Å². The molecule has 1 aromatic heterocycles. The number of hydrogen-bond acceptors (Lipinski definition) is 4. The molecule has 106 valence electrons. The van der Waals surface area contributed by atoms with E-state index in [9.17, 15) is 8.42 Å². The van der Waals surface area contributed by atoms with Crippen LogP contribution < -0.4 is 5.32 Å². The maximum Gasteiger partial charge on any atom is 0.283 e. The quantitative estimate of drug-likeness (QED) is 0.849. The van der Waals surface area contributed by atoms with Gasteiger partial charge in [-0.05, 0) is 37.3 Å². The standard InChI is InChI=1S/C14H16N2O3S/c17-20(18,19)9-15-14-10-5-1-3-7-12(10)16-13-8-4-2-6-11(13)14/h1,3,5,7H,2,4,6,8-9H2,(H,15,16)(H,17,18,19). The van der Waals surface area contributed by atoms with Gasteiger partial charge >= 0.3 is 0 Å². The zero-order valence-corrected chi connectivity index (χ0v) is 11.8. The van der Waals surface area contributed by atoms with Gasteiger partial charge in [-0.15, -0.1) is 0 Å². The summed E-state index contributed by atoms with van der Waals surface area (Å²) in [6.07, 6.45) is 3.99. The smallest absolute Gasteiger partial charge is 0.283 e. The first-order chi connectivity index (χ1) is 9.54. The number of para-hydroxylation sites is 1. The zero-order valence-electron chi connectivity index (χ0n) is 11.0. The molecule has 1 aliphatic carbocycles. The molecule has 0 aliphatic heterocycles. The van der Waals surface area contributed by atoms with Gasteiger partial charge in [-0.3, -0.25) is 9.54 Å². The Morgan fingerprint density at radius 2 is 1.95 bits per heavy atom. The summed E-state index contributed by atoms with van der Waals surface area (Å²) in [5.41, 5.74) is 3.76. The minimum atomic E-state index is -4.05. The van der Waals surface area contributed by atoms with Crippen molar-refractivity contribution in [1.82, 2.24) is 4.98 Å². The summed E-state index contributed by atoms with van der Waals surface area (Å²) < 4.78 is 30.9. The maximum absolute atomic E-state index is 11.0. The average molecular weight is 292 g/mol. The van der Waals surface area contributed by atoms with Gasteiger partial charge < -0.3 is 5.32 Å². The first kappa shape index (κ1) is 13.3. The van der Waals surface area contributed by atoms with E-state index in [1.54, 1.807) is 0 Å². The minimum Gasteiger partial charge on any atom is -0.369 e. The van der Waals surface area contributed by atoms with E-state index in [2.05, 4.69) is 10.3 Å². The number of fused-ring (bicyclic) bond motifs is 2. The summed E-state index contributed by atoms with van der Waals surface area (Å²) in [6, 6.07) is 7.65. The van der Waals surface area contributed by atoms with Crippen molar-refractivity contribution in [3.63, 3.8) is 0 Å². The molecule has 0 saturated heterocycles. The van der Waals surface area contributed by atoms with Gasteiger partial charge in [0.25, 0.3) is 10.1 Å². The number of aromatic nitrogens is 1. The second-order valence-electron chi connectivity index (χ2n) is 5.04. The van der Waals surface area contributed by atoms with Crippen LogP contribution in [0.15, 0.2) is 24.3 Å². The second kappa shape index (κ2) is 5.03. The molecule has 6 heteroatoms. The molecule has 0 radical (unpaired) electrons. The Balaban J connectivity index is 2.15. The highest BCUT2D eigenvalue weighted by Gasteiger charge is 2.18. The van der Waals surface area contributed by atoms with Crippen LogP contribution in [0, 0.1) is 0 Å². The van der Waals surface area contributed by atoms with Crippen LogP contribution >= 0.6 is 0 Å². The Morgan fingerprint density at radius 3 is 2.75 bits per heavy atom. The molecule has 0 spiro atoms. The Morgan fingerprint density at radius 1 is 1.20 bits per heavy atom. The number of aryl methyl sites for hydroxylation is 1. The normalized spacial score (nSPS) is 15.1. The predicted octanol–water partition coefficient (Wildman–Crippen LogP) is 2.37. The largest absolute Gasteiger partial charge is 0.369 e. The number of pyridine rings is 1. The van der Waals surface area contributed by atoms with Crippen molar-refractivity contribution in [3.05, 3.63) is 35.5 Å². The molecule has 0 bridgehead atoms. The van der Waals surface area contributed by atoms with E-state index in [0.29, 0.717) is 0 Å². The number of nitrogens with zero attached hydrogens (tertiary/aromatic N) is 1. The molecule has 1 aliphatic rings. The number of hydrogen-bond donors (Lipinski definition) is 2. The molecule has 1 aromatic carbocycles. The number of anilines is 1. The van der Waals surface area contributed by atoms with Gasteiger partial charge in [-0.1, -0.05) is 18.2 Å². The Hall–Kier alpha value is -1.66. The second-order valence-corrected chi connectivity index (χ2v) is 6.49. The highest BCUT2D eigenvalue weighted by Crippen LogP contribution is 2.33. The summed E-state index contributed by atoms with van der Waals surface area (Å²) in [5, 5.41) is 3.78. The molecule has 3 rings (SSSR count). The van der Waals surface area contributed by atoms with Crippen molar-refractivity contribution in [3.8, 4) is 0 Å². The molecule has 1 heterocycles. The molecular weight excluding hydrogens is 276 g/mol. The average Bonchev–Trinajstić information content (AvgIpc) is 2.42. The first-order valence-corrected chi connectivity index (χ1v) is 8.25. The van der Waals surface area contributed by atoms with Crippen molar-refractivity contribution in [1.29, 1.82) is 0 Å². The van der Waals surface area contributed by atoms with Crippen LogP contribution in [0.1, 0.15) is 24.1 Å². The molecule has 0 saturated carbocycles. The van der Waals surface area contributed by atoms with Crippen LogP contribution in [0.2, 0.25) is 0 Å². The Bertz CT molecular complexity index is 756. The van der Waals surface area contributed by atoms with Crippen LogP contribution in [0.3, 0.4) is 0 Å². The van der Waals surface area contributed by atoms with E-state index in [1.165, 1.54) is 0 Å². The monoisotopic (exact) mass is 292 g/mol. The van der Waals surface area contributed by atoms with Crippen molar-refractivity contribution >= 4 is 26.7 Å². The molecule has 0 amide bonds. The third-order valence-corrected chi connectivity index (χ3v) is 4.11. The van der Waals surface area contributed by atoms with Gasteiger partial charge in [0.1, 0.15) is 5.88 Å². The lowest BCUT2D eigenvalue weighted by Gasteiger charge is -2.21. The minimum absolute atomic E-state index is 0.479. The molecule has 0 fully saturated rings. The number of nitrogens with one attached hydrogen (secondary N) is 1. The Kier molecular flexibility index (Phi) is 3.35. The molecule has 0 atom stereocenters. The van der Waals surface area contributed by atoms with Crippen molar-refractivity contribution in [2.45, 2.75) is 25.7 Å². The van der Waals surface area contributed by atoms with E-state index in [-0.39, 0.29) is 0 Å².